The summed E-state index contributed by atoms with van der Waals surface area (Å²) in [5.41, 5.74) is 9.22. The van der Waals surface area contributed by atoms with Gasteiger partial charge in [-0.05, 0) is 78.4 Å². The van der Waals surface area contributed by atoms with Crippen LogP contribution >= 0.6 is 23.2 Å². The molecule has 5 rings (SSSR count). The number of amides is 3. The summed E-state index contributed by atoms with van der Waals surface area (Å²) >= 11 is 12.1. The Kier molecular flexibility index (Phi) is 11.6. The van der Waals surface area contributed by atoms with Gasteiger partial charge in [0.25, 0.3) is 17.7 Å². The van der Waals surface area contributed by atoms with Crippen LogP contribution in [-0.2, 0) is 15.6 Å². The average molecular weight is 692 g/mol. The minimum Gasteiger partial charge on any atom is -0.399 e. The van der Waals surface area contributed by atoms with Crippen LogP contribution in [0.3, 0.4) is 0 Å². The van der Waals surface area contributed by atoms with E-state index in [0.717, 1.165) is 6.26 Å². The van der Waals surface area contributed by atoms with Crippen LogP contribution in [0.1, 0.15) is 36.6 Å². The SMILES string of the molecule is CS(=O)(=O)Cc1ccc(C(=O)Nc2ccc(Cl)c(NC(=O)c3cccnc3)c2)cc1.Nc1ccc(Cl)c(NC(=O)c2cccnc2)c1. The zero-order valence-corrected chi connectivity index (χ0v) is 27.1. The molecule has 0 aliphatic carbocycles. The summed E-state index contributed by atoms with van der Waals surface area (Å²) in [6.45, 7) is 0. The van der Waals surface area contributed by atoms with Crippen molar-refractivity contribution in [1.82, 2.24) is 9.97 Å². The quantitative estimate of drug-likeness (QED) is 0.136. The Morgan fingerprint density at radius 1 is 0.681 bits per heavy atom. The Morgan fingerprint density at radius 2 is 1.19 bits per heavy atom. The van der Waals surface area contributed by atoms with E-state index in [1.165, 1.54) is 12.4 Å². The van der Waals surface area contributed by atoms with Crippen molar-refractivity contribution in [2.24, 2.45) is 0 Å². The second-order valence-corrected chi connectivity index (χ2v) is 13.0. The van der Waals surface area contributed by atoms with Gasteiger partial charge in [-0.3, -0.25) is 24.4 Å². The van der Waals surface area contributed by atoms with Crippen LogP contribution in [0.2, 0.25) is 10.0 Å². The lowest BCUT2D eigenvalue weighted by Crippen LogP contribution is -2.14. The lowest BCUT2D eigenvalue weighted by molar-refractivity contribution is 0.101. The lowest BCUT2D eigenvalue weighted by atomic mass is 10.1. The molecule has 0 fully saturated rings. The van der Waals surface area contributed by atoms with E-state index in [1.807, 2.05) is 0 Å². The second-order valence-electron chi connectivity index (χ2n) is 10.0. The number of anilines is 4. The summed E-state index contributed by atoms with van der Waals surface area (Å²) in [6, 6.07) is 22.6. The zero-order valence-electron chi connectivity index (χ0n) is 24.8. The number of nitrogens with one attached hydrogen (secondary N) is 3. The molecule has 47 heavy (non-hydrogen) atoms. The molecule has 0 saturated carbocycles. The van der Waals surface area contributed by atoms with Crippen LogP contribution in [0.25, 0.3) is 0 Å². The molecule has 0 spiro atoms. The molecule has 0 radical (unpaired) electrons. The molecule has 240 valence electrons. The molecule has 5 N–H and O–H groups in total. The van der Waals surface area contributed by atoms with Crippen molar-refractivity contribution in [3.8, 4) is 0 Å². The molecule has 0 saturated heterocycles. The first-order valence-electron chi connectivity index (χ1n) is 13.7. The number of nitrogens with zero attached hydrogens (tertiary/aromatic N) is 2. The molecule has 5 aromatic rings. The number of nitrogens with two attached hydrogens (primary N) is 1. The predicted octanol–water partition coefficient (Wildman–Crippen LogP) is 6.35. The molecule has 3 aromatic carbocycles. The number of benzene rings is 3. The Hall–Kier alpha value is -5.30. The maximum Gasteiger partial charge on any atom is 0.257 e. The molecule has 3 amide bonds. The van der Waals surface area contributed by atoms with Crippen molar-refractivity contribution in [2.45, 2.75) is 5.75 Å². The monoisotopic (exact) mass is 690 g/mol. The molecular formula is C33H28Cl2N6O5S. The van der Waals surface area contributed by atoms with Crippen LogP contribution in [0, 0.1) is 0 Å². The Morgan fingerprint density at radius 3 is 1.70 bits per heavy atom. The molecule has 14 heteroatoms. The van der Waals surface area contributed by atoms with Crippen molar-refractivity contribution >= 4 is 73.5 Å². The van der Waals surface area contributed by atoms with E-state index in [-0.39, 0.29) is 23.5 Å². The molecular weight excluding hydrogens is 663 g/mol. The molecule has 11 nitrogen and oxygen atoms in total. The third kappa shape index (κ3) is 10.6. The normalized spacial score (nSPS) is 10.6. The van der Waals surface area contributed by atoms with E-state index in [4.69, 9.17) is 28.9 Å². The number of pyridine rings is 2. The summed E-state index contributed by atoms with van der Waals surface area (Å²) < 4.78 is 22.7. The molecule has 0 atom stereocenters. The highest BCUT2D eigenvalue weighted by Gasteiger charge is 2.13. The minimum absolute atomic E-state index is 0.0912. The number of sulfone groups is 1. The van der Waals surface area contributed by atoms with E-state index in [9.17, 15) is 22.8 Å². The molecule has 0 bridgehead atoms. The van der Waals surface area contributed by atoms with Crippen LogP contribution < -0.4 is 21.7 Å². The number of hydrogen-bond donors (Lipinski definition) is 4. The number of carbonyl (C=O) groups is 3. The van der Waals surface area contributed by atoms with Gasteiger partial charge in [0.1, 0.15) is 0 Å². The largest absolute Gasteiger partial charge is 0.399 e. The van der Waals surface area contributed by atoms with Crippen molar-refractivity contribution in [3.63, 3.8) is 0 Å². The first-order chi connectivity index (χ1) is 22.4. The van der Waals surface area contributed by atoms with Gasteiger partial charge in [0.15, 0.2) is 9.84 Å². The Balaban J connectivity index is 0.000000248. The van der Waals surface area contributed by atoms with Crippen molar-refractivity contribution in [3.05, 3.63) is 142 Å². The van der Waals surface area contributed by atoms with Gasteiger partial charge in [-0.2, -0.15) is 0 Å². The minimum atomic E-state index is -3.15. The highest BCUT2D eigenvalue weighted by molar-refractivity contribution is 7.89. The fourth-order valence-corrected chi connectivity index (χ4v) is 5.11. The maximum absolute atomic E-state index is 12.5. The van der Waals surface area contributed by atoms with Crippen molar-refractivity contribution < 1.29 is 22.8 Å². The molecule has 2 heterocycles. The van der Waals surface area contributed by atoms with Gasteiger partial charge in [-0.15, -0.1) is 0 Å². The lowest BCUT2D eigenvalue weighted by Gasteiger charge is -2.11. The summed E-state index contributed by atoms with van der Waals surface area (Å²) in [5.74, 6) is -1.13. The smallest absolute Gasteiger partial charge is 0.257 e. The van der Waals surface area contributed by atoms with Crippen LogP contribution in [-0.4, -0.2) is 42.4 Å². The van der Waals surface area contributed by atoms with Gasteiger partial charge in [-0.25, -0.2) is 8.42 Å². The van der Waals surface area contributed by atoms with Crippen molar-refractivity contribution in [1.29, 1.82) is 0 Å². The molecule has 0 aliphatic rings. The van der Waals surface area contributed by atoms with Gasteiger partial charge in [0.05, 0.1) is 38.3 Å². The van der Waals surface area contributed by atoms with Crippen LogP contribution in [0.5, 0.6) is 0 Å². The van der Waals surface area contributed by atoms with E-state index < -0.39 is 9.84 Å². The van der Waals surface area contributed by atoms with Gasteiger partial charge in [0.2, 0.25) is 0 Å². The number of hydrogen-bond acceptors (Lipinski definition) is 8. The van der Waals surface area contributed by atoms with Crippen LogP contribution in [0.15, 0.2) is 110 Å². The standard InChI is InChI=1S/C21H18ClN3O4S.C12H10ClN3O/c1-30(28,29)13-14-4-6-15(7-5-14)20(26)24-17-8-9-18(22)19(11-17)25-21(27)16-3-2-10-23-12-16;13-10-4-3-9(14)6-11(10)16-12(17)8-2-1-5-15-7-8/h2-12H,13H2,1H3,(H,24,26)(H,25,27);1-7H,14H2,(H,16,17). The maximum atomic E-state index is 12.5. The fraction of sp³-hybridized carbons (Fsp3) is 0.0606. The topological polar surface area (TPSA) is 173 Å². The highest BCUT2D eigenvalue weighted by Crippen LogP contribution is 2.27. The highest BCUT2D eigenvalue weighted by atomic mass is 35.5. The summed E-state index contributed by atoms with van der Waals surface area (Å²) in [5, 5.41) is 8.85. The van der Waals surface area contributed by atoms with Gasteiger partial charge in [-0.1, -0.05) is 35.3 Å². The third-order valence-electron chi connectivity index (χ3n) is 6.20. The average Bonchev–Trinajstić information content (AvgIpc) is 3.05. The molecule has 0 aliphatic heterocycles. The number of rotatable bonds is 8. The first kappa shape index (κ1) is 34.6. The fourth-order valence-electron chi connectivity index (χ4n) is 3.98. The Bertz CT molecular complexity index is 2000. The van der Waals surface area contributed by atoms with E-state index in [0.29, 0.717) is 55.0 Å². The number of aromatic nitrogens is 2. The summed E-state index contributed by atoms with van der Waals surface area (Å²) in [6.07, 6.45) is 7.23. The molecule has 0 unspecified atom stereocenters. The predicted molar refractivity (Wildman–Crippen MR) is 185 cm³/mol. The van der Waals surface area contributed by atoms with E-state index >= 15 is 0 Å². The van der Waals surface area contributed by atoms with Gasteiger partial charge < -0.3 is 21.7 Å². The van der Waals surface area contributed by atoms with E-state index in [2.05, 4.69) is 25.9 Å². The first-order valence-corrected chi connectivity index (χ1v) is 16.5. The zero-order chi connectivity index (χ0) is 34.0. The molecule has 2 aromatic heterocycles. The van der Waals surface area contributed by atoms with Gasteiger partial charge in [0, 0.05) is 48.0 Å². The van der Waals surface area contributed by atoms with E-state index in [1.54, 1.807) is 97.3 Å². The van der Waals surface area contributed by atoms with Gasteiger partial charge >= 0.3 is 0 Å². The second kappa shape index (κ2) is 15.8. The third-order valence-corrected chi connectivity index (χ3v) is 7.72. The van der Waals surface area contributed by atoms with Crippen molar-refractivity contribution in [2.75, 3.05) is 27.9 Å². The number of halogens is 2. The Labute approximate surface area is 281 Å². The summed E-state index contributed by atoms with van der Waals surface area (Å²) in [4.78, 5) is 44.4. The number of nitrogen functional groups attached to an aromatic ring is 1. The number of carbonyl (C=O) groups excluding carboxylic acids is 3. The summed E-state index contributed by atoms with van der Waals surface area (Å²) in [7, 11) is -3.15. The van der Waals surface area contributed by atoms with Crippen LogP contribution in [0.4, 0.5) is 22.7 Å².